The molecule has 104 valence electrons. The third-order valence-electron chi connectivity index (χ3n) is 4.22. The maximum absolute atomic E-state index is 6.25. The topological polar surface area (TPSA) is 12.0 Å². The van der Waals surface area contributed by atoms with Gasteiger partial charge in [0.1, 0.15) is 0 Å². The van der Waals surface area contributed by atoms with E-state index in [1.807, 2.05) is 12.1 Å². The number of hydrogen-bond donors (Lipinski definition) is 1. The highest BCUT2D eigenvalue weighted by Gasteiger charge is 2.31. The number of benzene rings is 2. The van der Waals surface area contributed by atoms with Crippen molar-refractivity contribution in [3.63, 3.8) is 0 Å². The molecule has 2 aromatic carbocycles. The summed E-state index contributed by atoms with van der Waals surface area (Å²) in [7, 11) is 0. The van der Waals surface area contributed by atoms with E-state index >= 15 is 0 Å². The minimum absolute atomic E-state index is 0.573. The van der Waals surface area contributed by atoms with Crippen LogP contribution in [-0.4, -0.2) is 6.04 Å². The Morgan fingerprint density at radius 1 is 1.05 bits per heavy atom. The Bertz CT molecular complexity index is 570. The van der Waals surface area contributed by atoms with Crippen molar-refractivity contribution in [3.05, 3.63) is 64.7 Å². The molecule has 0 radical (unpaired) electrons. The molecule has 20 heavy (non-hydrogen) atoms. The molecular formula is C18H20ClN. The minimum atomic E-state index is 0.573. The van der Waals surface area contributed by atoms with Gasteiger partial charge in [-0.05, 0) is 54.5 Å². The Hall–Kier alpha value is -1.47. The smallest absolute Gasteiger partial charge is 0.0440 e. The van der Waals surface area contributed by atoms with Gasteiger partial charge in [0.25, 0.3) is 0 Å². The molecule has 0 bridgehead atoms. The van der Waals surface area contributed by atoms with Crippen molar-refractivity contribution in [2.45, 2.75) is 38.1 Å². The first-order valence-electron chi connectivity index (χ1n) is 7.36. The molecule has 0 aliphatic heterocycles. The predicted molar refractivity (Wildman–Crippen MR) is 86.7 cm³/mol. The standard InChI is InChI=1S/C18H20ClN/c1-2-13-7-9-15(10-8-13)20-16-11-14(12-16)17-5-3-4-6-18(17)19/h3-10,14,16,20H,2,11-12H2,1H3. The molecular weight excluding hydrogens is 266 g/mol. The second kappa shape index (κ2) is 5.88. The van der Waals surface area contributed by atoms with Crippen LogP contribution in [0.4, 0.5) is 5.69 Å². The lowest BCUT2D eigenvalue weighted by molar-refractivity contribution is 0.374. The summed E-state index contributed by atoms with van der Waals surface area (Å²) >= 11 is 6.25. The van der Waals surface area contributed by atoms with Gasteiger partial charge in [0.15, 0.2) is 0 Å². The number of rotatable bonds is 4. The SMILES string of the molecule is CCc1ccc(NC2CC(c3ccccc3Cl)C2)cc1. The van der Waals surface area contributed by atoms with E-state index in [2.05, 4.69) is 48.6 Å². The second-order valence-electron chi connectivity index (χ2n) is 5.58. The maximum Gasteiger partial charge on any atom is 0.0440 e. The van der Waals surface area contributed by atoms with Gasteiger partial charge in [-0.3, -0.25) is 0 Å². The summed E-state index contributed by atoms with van der Waals surface area (Å²) in [5, 5.41) is 4.51. The third-order valence-corrected chi connectivity index (χ3v) is 4.56. The highest BCUT2D eigenvalue weighted by Crippen LogP contribution is 2.41. The molecule has 3 rings (SSSR count). The van der Waals surface area contributed by atoms with E-state index in [9.17, 15) is 0 Å². The Balaban J connectivity index is 1.56. The summed E-state index contributed by atoms with van der Waals surface area (Å²) in [4.78, 5) is 0. The van der Waals surface area contributed by atoms with Crippen molar-refractivity contribution >= 4 is 17.3 Å². The molecule has 0 spiro atoms. The lowest BCUT2D eigenvalue weighted by Crippen LogP contribution is -2.34. The Morgan fingerprint density at radius 2 is 1.75 bits per heavy atom. The highest BCUT2D eigenvalue weighted by atomic mass is 35.5. The Kier molecular flexibility index (Phi) is 3.98. The average Bonchev–Trinajstić information content (AvgIpc) is 2.44. The third kappa shape index (κ3) is 2.83. The van der Waals surface area contributed by atoms with Gasteiger partial charge in [0.05, 0.1) is 0 Å². The molecule has 0 atom stereocenters. The molecule has 0 amide bonds. The molecule has 1 aliphatic carbocycles. The van der Waals surface area contributed by atoms with Gasteiger partial charge in [0.2, 0.25) is 0 Å². The number of hydrogen-bond acceptors (Lipinski definition) is 1. The Morgan fingerprint density at radius 3 is 2.40 bits per heavy atom. The molecule has 0 saturated heterocycles. The first kappa shape index (κ1) is 13.5. The van der Waals surface area contributed by atoms with E-state index < -0.39 is 0 Å². The van der Waals surface area contributed by atoms with Crippen molar-refractivity contribution in [3.8, 4) is 0 Å². The van der Waals surface area contributed by atoms with Gasteiger partial charge in [-0.2, -0.15) is 0 Å². The van der Waals surface area contributed by atoms with E-state index in [0.29, 0.717) is 12.0 Å². The Labute approximate surface area is 126 Å². The first-order valence-corrected chi connectivity index (χ1v) is 7.74. The fraction of sp³-hybridized carbons (Fsp3) is 0.333. The molecule has 1 N–H and O–H groups in total. The number of halogens is 1. The molecule has 1 nitrogen and oxygen atoms in total. The van der Waals surface area contributed by atoms with E-state index in [1.54, 1.807) is 0 Å². The van der Waals surface area contributed by atoms with Crippen molar-refractivity contribution in [2.75, 3.05) is 5.32 Å². The normalized spacial score (nSPS) is 21.3. The van der Waals surface area contributed by atoms with Crippen LogP contribution >= 0.6 is 11.6 Å². The zero-order chi connectivity index (χ0) is 13.9. The zero-order valence-corrected chi connectivity index (χ0v) is 12.5. The number of aryl methyl sites for hydroxylation is 1. The lowest BCUT2D eigenvalue weighted by atomic mass is 9.76. The van der Waals surface area contributed by atoms with Crippen LogP contribution in [0.25, 0.3) is 0 Å². The van der Waals surface area contributed by atoms with Crippen LogP contribution < -0.4 is 5.32 Å². The molecule has 2 aromatic rings. The summed E-state index contributed by atoms with van der Waals surface area (Å²) in [6, 6.07) is 17.5. The fourth-order valence-electron chi connectivity index (χ4n) is 2.87. The summed E-state index contributed by atoms with van der Waals surface area (Å²) < 4.78 is 0. The summed E-state index contributed by atoms with van der Waals surface area (Å²) in [6.45, 7) is 2.18. The van der Waals surface area contributed by atoms with Crippen molar-refractivity contribution in [2.24, 2.45) is 0 Å². The van der Waals surface area contributed by atoms with Crippen molar-refractivity contribution in [1.82, 2.24) is 0 Å². The van der Waals surface area contributed by atoms with Gasteiger partial charge in [-0.1, -0.05) is 48.9 Å². The number of nitrogens with one attached hydrogen (secondary N) is 1. The number of anilines is 1. The monoisotopic (exact) mass is 285 g/mol. The molecule has 1 fully saturated rings. The minimum Gasteiger partial charge on any atom is -0.382 e. The van der Waals surface area contributed by atoms with E-state index in [-0.39, 0.29) is 0 Å². The van der Waals surface area contributed by atoms with Crippen LogP contribution in [0.5, 0.6) is 0 Å². The molecule has 0 heterocycles. The highest BCUT2D eigenvalue weighted by molar-refractivity contribution is 6.31. The summed E-state index contributed by atoms with van der Waals surface area (Å²) in [5.41, 5.74) is 3.91. The maximum atomic E-state index is 6.25. The molecule has 1 saturated carbocycles. The molecule has 0 unspecified atom stereocenters. The van der Waals surface area contributed by atoms with Crippen LogP contribution in [0, 0.1) is 0 Å². The van der Waals surface area contributed by atoms with Gasteiger partial charge in [-0.25, -0.2) is 0 Å². The molecule has 2 heteroatoms. The van der Waals surface area contributed by atoms with Crippen LogP contribution in [-0.2, 0) is 6.42 Å². The largest absolute Gasteiger partial charge is 0.382 e. The van der Waals surface area contributed by atoms with E-state index in [0.717, 1.165) is 11.4 Å². The van der Waals surface area contributed by atoms with Crippen LogP contribution in [0.3, 0.4) is 0 Å². The summed E-state index contributed by atoms with van der Waals surface area (Å²) in [5.74, 6) is 0.608. The quantitative estimate of drug-likeness (QED) is 0.808. The first-order chi connectivity index (χ1) is 9.76. The van der Waals surface area contributed by atoms with Crippen LogP contribution in [0.15, 0.2) is 48.5 Å². The van der Waals surface area contributed by atoms with Gasteiger partial charge in [-0.15, -0.1) is 0 Å². The molecule has 1 aliphatic rings. The van der Waals surface area contributed by atoms with Gasteiger partial charge in [0, 0.05) is 16.8 Å². The predicted octanol–water partition coefficient (Wildman–Crippen LogP) is 5.26. The van der Waals surface area contributed by atoms with Gasteiger partial charge < -0.3 is 5.32 Å². The van der Waals surface area contributed by atoms with Crippen LogP contribution in [0.1, 0.15) is 36.8 Å². The van der Waals surface area contributed by atoms with Crippen molar-refractivity contribution < 1.29 is 0 Å². The van der Waals surface area contributed by atoms with E-state index in [1.165, 1.54) is 29.7 Å². The fourth-order valence-corrected chi connectivity index (χ4v) is 3.16. The van der Waals surface area contributed by atoms with Gasteiger partial charge >= 0.3 is 0 Å². The van der Waals surface area contributed by atoms with E-state index in [4.69, 9.17) is 11.6 Å². The summed E-state index contributed by atoms with van der Waals surface area (Å²) in [6.07, 6.45) is 3.43. The van der Waals surface area contributed by atoms with Crippen molar-refractivity contribution in [1.29, 1.82) is 0 Å². The average molecular weight is 286 g/mol. The second-order valence-corrected chi connectivity index (χ2v) is 5.99. The zero-order valence-electron chi connectivity index (χ0n) is 11.8. The molecule has 0 aromatic heterocycles. The van der Waals surface area contributed by atoms with Crippen LogP contribution in [0.2, 0.25) is 5.02 Å². The lowest BCUT2D eigenvalue weighted by Gasteiger charge is -2.37.